The molecule has 0 radical (unpaired) electrons. The Kier molecular flexibility index (Phi) is 5.00. The molecule has 16 heavy (non-hydrogen) atoms. The molecule has 0 aliphatic heterocycles. The Balaban J connectivity index is 0.000000606. The van der Waals surface area contributed by atoms with Gasteiger partial charge < -0.3 is 0 Å². The maximum absolute atomic E-state index is 3.85. The van der Waals surface area contributed by atoms with Crippen molar-refractivity contribution >= 4 is 33.6 Å². The molecule has 1 aromatic heterocycles. The van der Waals surface area contributed by atoms with Gasteiger partial charge >= 0.3 is 0 Å². The van der Waals surface area contributed by atoms with Gasteiger partial charge in [-0.25, -0.2) is 0 Å². The van der Waals surface area contributed by atoms with Gasteiger partial charge in [0.25, 0.3) is 0 Å². The summed E-state index contributed by atoms with van der Waals surface area (Å²) in [7, 11) is 0. The molecule has 0 amide bonds. The van der Waals surface area contributed by atoms with Crippen LogP contribution < -0.4 is 0 Å². The minimum atomic E-state index is 1.25. The first kappa shape index (κ1) is 12.7. The lowest BCUT2D eigenvalue weighted by atomic mass is 10.1. The van der Waals surface area contributed by atoms with Crippen LogP contribution in [0, 0.1) is 0 Å². The largest absolute Gasteiger partial charge is 0.135 e. The fourth-order valence-corrected chi connectivity index (χ4v) is 2.62. The van der Waals surface area contributed by atoms with Crippen molar-refractivity contribution in [2.24, 2.45) is 0 Å². The molecule has 0 aliphatic rings. The molecule has 0 saturated heterocycles. The summed E-state index contributed by atoms with van der Waals surface area (Å²) in [6, 6.07) is 8.47. The molecule has 0 bridgehead atoms. The topological polar surface area (TPSA) is 0 Å². The van der Waals surface area contributed by atoms with Gasteiger partial charge in [-0.2, -0.15) is 0 Å². The van der Waals surface area contributed by atoms with Crippen LogP contribution in [0.4, 0.5) is 0 Å². The van der Waals surface area contributed by atoms with Crippen LogP contribution in [-0.4, -0.2) is 0 Å². The number of benzene rings is 1. The molecule has 0 saturated carbocycles. The highest BCUT2D eigenvalue weighted by molar-refractivity contribution is 7.20. The monoisotopic (exact) mass is 230 g/mol. The van der Waals surface area contributed by atoms with Gasteiger partial charge in [-0.15, -0.1) is 11.3 Å². The maximum Gasteiger partial charge on any atom is 0.0355 e. The van der Waals surface area contributed by atoms with Gasteiger partial charge in [0.1, 0.15) is 0 Å². The van der Waals surface area contributed by atoms with Crippen LogP contribution in [0.3, 0.4) is 0 Å². The van der Waals surface area contributed by atoms with E-state index in [9.17, 15) is 0 Å². The van der Waals surface area contributed by atoms with E-state index in [0.717, 1.165) is 0 Å². The average Bonchev–Trinajstić information content (AvgIpc) is 2.71. The minimum absolute atomic E-state index is 1.25. The second-order valence-corrected chi connectivity index (χ2v) is 4.16. The van der Waals surface area contributed by atoms with Gasteiger partial charge in [-0.05, 0) is 18.6 Å². The molecule has 1 aromatic carbocycles. The number of hydrogen-bond donors (Lipinski definition) is 0. The van der Waals surface area contributed by atoms with Crippen molar-refractivity contribution in [2.45, 2.75) is 20.8 Å². The Morgan fingerprint density at radius 1 is 1.19 bits per heavy atom. The second kappa shape index (κ2) is 6.29. The molecule has 0 atom stereocenters. The van der Waals surface area contributed by atoms with Gasteiger partial charge in [0.2, 0.25) is 0 Å². The van der Waals surface area contributed by atoms with Crippen molar-refractivity contribution in [3.05, 3.63) is 47.4 Å². The standard InChI is InChI=1S/C13H12S.C2H6/c1-3-7-10-11-8-5-6-9-13(11)14-12(10)4-2;1-2/h3-9H,2H2,1H3;1-2H3/b7-3-;. The smallest absolute Gasteiger partial charge is 0.0355 e. The highest BCUT2D eigenvalue weighted by atomic mass is 32.1. The normalized spacial score (nSPS) is 10.2. The fraction of sp³-hybridized carbons (Fsp3) is 0.200. The van der Waals surface area contributed by atoms with E-state index in [1.165, 1.54) is 20.5 Å². The highest BCUT2D eigenvalue weighted by Crippen LogP contribution is 2.32. The van der Waals surface area contributed by atoms with Crippen molar-refractivity contribution in [2.75, 3.05) is 0 Å². The molecule has 0 fully saturated rings. The van der Waals surface area contributed by atoms with E-state index < -0.39 is 0 Å². The number of rotatable bonds is 2. The summed E-state index contributed by atoms with van der Waals surface area (Å²) in [4.78, 5) is 1.25. The maximum atomic E-state index is 3.85. The first-order valence-corrected chi connectivity index (χ1v) is 6.45. The van der Waals surface area contributed by atoms with Gasteiger partial charge in [-0.3, -0.25) is 0 Å². The Morgan fingerprint density at radius 2 is 1.88 bits per heavy atom. The molecule has 2 rings (SSSR count). The van der Waals surface area contributed by atoms with Crippen LogP contribution in [0.2, 0.25) is 0 Å². The van der Waals surface area contributed by atoms with E-state index >= 15 is 0 Å². The summed E-state index contributed by atoms with van der Waals surface area (Å²) < 4.78 is 1.33. The lowest BCUT2D eigenvalue weighted by molar-refractivity contribution is 1.50. The van der Waals surface area contributed by atoms with Crippen molar-refractivity contribution in [1.29, 1.82) is 0 Å². The third-order valence-electron chi connectivity index (χ3n) is 2.18. The number of hydrogen-bond acceptors (Lipinski definition) is 1. The Morgan fingerprint density at radius 3 is 2.50 bits per heavy atom. The van der Waals surface area contributed by atoms with Crippen molar-refractivity contribution < 1.29 is 0 Å². The number of fused-ring (bicyclic) bond motifs is 1. The van der Waals surface area contributed by atoms with Gasteiger partial charge in [-0.1, -0.05) is 56.9 Å². The Hall–Kier alpha value is -1.34. The first-order valence-electron chi connectivity index (χ1n) is 5.63. The van der Waals surface area contributed by atoms with Crippen LogP contribution in [0.15, 0.2) is 36.9 Å². The van der Waals surface area contributed by atoms with Crippen LogP contribution >= 0.6 is 11.3 Å². The molecule has 84 valence electrons. The van der Waals surface area contributed by atoms with E-state index in [4.69, 9.17) is 0 Å². The summed E-state index contributed by atoms with van der Waals surface area (Å²) in [6.07, 6.45) is 6.15. The van der Waals surface area contributed by atoms with E-state index in [1.807, 2.05) is 26.8 Å². The van der Waals surface area contributed by atoms with Crippen LogP contribution in [-0.2, 0) is 0 Å². The average molecular weight is 230 g/mol. The van der Waals surface area contributed by atoms with Crippen LogP contribution in [0.1, 0.15) is 31.2 Å². The van der Waals surface area contributed by atoms with Gasteiger partial charge in [0, 0.05) is 15.0 Å². The number of thiophene rings is 1. The van der Waals surface area contributed by atoms with Crippen LogP contribution in [0.5, 0.6) is 0 Å². The van der Waals surface area contributed by atoms with Crippen LogP contribution in [0.25, 0.3) is 22.2 Å². The summed E-state index contributed by atoms with van der Waals surface area (Å²) >= 11 is 1.79. The molecule has 0 aliphatic carbocycles. The fourth-order valence-electron chi connectivity index (χ4n) is 1.57. The Labute approximate surface area is 102 Å². The van der Waals surface area contributed by atoms with E-state index in [1.54, 1.807) is 11.3 Å². The van der Waals surface area contributed by atoms with Crippen molar-refractivity contribution in [3.8, 4) is 0 Å². The lowest BCUT2D eigenvalue weighted by Gasteiger charge is -1.92. The predicted octanol–water partition coefficient (Wildman–Crippen LogP) is 5.60. The Bertz CT molecular complexity index is 489. The van der Waals surface area contributed by atoms with Crippen molar-refractivity contribution in [3.63, 3.8) is 0 Å². The zero-order valence-corrected chi connectivity index (χ0v) is 11.0. The summed E-state index contributed by atoms with van der Waals surface area (Å²) in [5.74, 6) is 0. The summed E-state index contributed by atoms with van der Waals surface area (Å²) in [5, 5.41) is 1.32. The van der Waals surface area contributed by atoms with Gasteiger partial charge in [0.05, 0.1) is 0 Å². The lowest BCUT2D eigenvalue weighted by Crippen LogP contribution is -1.70. The minimum Gasteiger partial charge on any atom is -0.135 e. The van der Waals surface area contributed by atoms with E-state index in [0.29, 0.717) is 0 Å². The van der Waals surface area contributed by atoms with Crippen molar-refractivity contribution in [1.82, 2.24) is 0 Å². The van der Waals surface area contributed by atoms with E-state index in [-0.39, 0.29) is 0 Å². The quantitative estimate of drug-likeness (QED) is 0.629. The molecule has 0 nitrogen and oxygen atoms in total. The molecule has 0 N–H and O–H groups in total. The van der Waals surface area contributed by atoms with E-state index in [2.05, 4.69) is 43.0 Å². The zero-order chi connectivity index (χ0) is 12.0. The molecular formula is C15H18S. The summed E-state index contributed by atoms with van der Waals surface area (Å²) in [6.45, 7) is 9.89. The zero-order valence-electron chi connectivity index (χ0n) is 10.2. The first-order chi connectivity index (χ1) is 7.86. The van der Waals surface area contributed by atoms with Gasteiger partial charge in [0.15, 0.2) is 0 Å². The number of allylic oxidation sites excluding steroid dienone is 1. The predicted molar refractivity (Wildman–Crippen MR) is 78.0 cm³/mol. The summed E-state index contributed by atoms with van der Waals surface area (Å²) in [5.41, 5.74) is 1.29. The molecule has 0 unspecified atom stereocenters. The molecule has 1 heteroatoms. The second-order valence-electron chi connectivity index (χ2n) is 3.08. The molecule has 1 heterocycles. The third-order valence-corrected chi connectivity index (χ3v) is 3.36. The highest BCUT2D eigenvalue weighted by Gasteiger charge is 2.05. The molecule has 2 aromatic rings. The molecular weight excluding hydrogens is 212 g/mol. The SMILES string of the molecule is C=Cc1sc2ccccc2c1/C=C\C.CC. The third kappa shape index (κ3) is 2.42. The molecule has 0 spiro atoms.